The number of nitrogens with zero attached hydrogens (tertiary/aromatic N) is 1. The van der Waals surface area contributed by atoms with Gasteiger partial charge in [0.2, 0.25) is 0 Å². The van der Waals surface area contributed by atoms with E-state index in [2.05, 4.69) is 10.3 Å². The monoisotopic (exact) mass is 400 g/mol. The van der Waals surface area contributed by atoms with Gasteiger partial charge in [0.15, 0.2) is 5.17 Å². The van der Waals surface area contributed by atoms with Crippen molar-refractivity contribution >= 4 is 46.2 Å². The molecule has 0 aromatic heterocycles. The second kappa shape index (κ2) is 7.13. The summed E-state index contributed by atoms with van der Waals surface area (Å²) in [5.74, 6) is -1.87. The Balaban J connectivity index is 1.86. The van der Waals surface area contributed by atoms with Crippen LogP contribution in [0.4, 0.5) is 23.2 Å². The largest absolute Gasteiger partial charge is 0.419 e. The first kappa shape index (κ1) is 18.5. The Morgan fingerprint density at radius 1 is 1.12 bits per heavy atom. The zero-order valence-corrected chi connectivity index (χ0v) is 14.3. The normalized spacial score (nSPS) is 17.8. The number of halogens is 5. The fraction of sp³-hybridized carbons (Fsp3) is 0.0588. The van der Waals surface area contributed by atoms with Crippen molar-refractivity contribution in [3.05, 3.63) is 69.3 Å². The number of nitrogens with one attached hydrogen (secondary N) is 1. The number of hydrogen-bond donors (Lipinski definition) is 1. The average Bonchev–Trinajstić information content (AvgIpc) is 2.90. The van der Waals surface area contributed by atoms with Crippen LogP contribution in [0.5, 0.6) is 0 Å². The summed E-state index contributed by atoms with van der Waals surface area (Å²) in [5.41, 5.74) is -0.769. The van der Waals surface area contributed by atoms with Gasteiger partial charge in [0.1, 0.15) is 5.82 Å². The highest BCUT2D eigenvalue weighted by Crippen LogP contribution is 2.33. The molecule has 1 saturated heterocycles. The van der Waals surface area contributed by atoms with Gasteiger partial charge in [-0.3, -0.25) is 4.79 Å². The summed E-state index contributed by atoms with van der Waals surface area (Å²) in [6.07, 6.45) is -3.57. The predicted molar refractivity (Wildman–Crippen MR) is 93.7 cm³/mol. The number of aliphatic imine (C=N–C) groups is 1. The number of benzene rings is 2. The molecular weight excluding hydrogens is 392 g/mol. The molecule has 9 heteroatoms. The number of amides is 1. The van der Waals surface area contributed by atoms with E-state index in [-0.39, 0.29) is 15.6 Å². The molecule has 1 fully saturated rings. The highest BCUT2D eigenvalue weighted by Gasteiger charge is 2.34. The Labute approximate surface area is 154 Å². The molecule has 0 saturated carbocycles. The third-order valence-electron chi connectivity index (χ3n) is 3.30. The van der Waals surface area contributed by atoms with Gasteiger partial charge in [0.05, 0.1) is 16.2 Å². The molecule has 26 heavy (non-hydrogen) atoms. The smallest absolute Gasteiger partial charge is 0.300 e. The van der Waals surface area contributed by atoms with E-state index in [1.807, 2.05) is 0 Å². The number of alkyl halides is 3. The van der Waals surface area contributed by atoms with Crippen molar-refractivity contribution in [3.8, 4) is 0 Å². The highest BCUT2D eigenvalue weighted by molar-refractivity contribution is 8.18. The SMILES string of the molecule is O=C1NC(=Nc2ccc(Cl)cc2)SC1=Cc1ccc(F)c(C(F)(F)F)c1. The number of carbonyl (C=O) groups excluding carboxylic acids is 1. The summed E-state index contributed by atoms with van der Waals surface area (Å²) in [6.45, 7) is 0. The van der Waals surface area contributed by atoms with Gasteiger partial charge in [-0.2, -0.15) is 13.2 Å². The molecule has 1 aliphatic heterocycles. The number of rotatable bonds is 2. The van der Waals surface area contributed by atoms with Crippen molar-refractivity contribution in [1.82, 2.24) is 5.32 Å². The molecule has 0 unspecified atom stereocenters. The number of thioether (sulfide) groups is 1. The van der Waals surface area contributed by atoms with E-state index in [4.69, 9.17) is 11.6 Å². The van der Waals surface area contributed by atoms with Crippen LogP contribution in [0.1, 0.15) is 11.1 Å². The van der Waals surface area contributed by atoms with E-state index < -0.39 is 23.5 Å². The molecular formula is C17H9ClF4N2OS. The Hall–Kier alpha value is -2.32. The molecule has 0 radical (unpaired) electrons. The van der Waals surface area contributed by atoms with E-state index in [0.717, 1.165) is 17.8 Å². The highest BCUT2D eigenvalue weighted by atomic mass is 35.5. The number of amidine groups is 1. The Kier molecular flexibility index (Phi) is 5.06. The Bertz CT molecular complexity index is 923. The van der Waals surface area contributed by atoms with Crippen LogP contribution >= 0.6 is 23.4 Å². The molecule has 2 aromatic rings. The quantitative estimate of drug-likeness (QED) is 0.542. The lowest BCUT2D eigenvalue weighted by atomic mass is 10.1. The van der Waals surface area contributed by atoms with Crippen molar-refractivity contribution in [2.45, 2.75) is 6.18 Å². The maximum atomic E-state index is 13.3. The summed E-state index contributed by atoms with van der Waals surface area (Å²) < 4.78 is 51.7. The van der Waals surface area contributed by atoms with Crippen LogP contribution in [0.3, 0.4) is 0 Å². The van der Waals surface area contributed by atoms with Gasteiger partial charge in [0, 0.05) is 5.02 Å². The topological polar surface area (TPSA) is 41.5 Å². The van der Waals surface area contributed by atoms with Crippen molar-refractivity contribution in [1.29, 1.82) is 0 Å². The van der Waals surface area contributed by atoms with Crippen LogP contribution in [0.25, 0.3) is 6.08 Å². The lowest BCUT2D eigenvalue weighted by molar-refractivity contribution is -0.140. The van der Waals surface area contributed by atoms with Crippen LogP contribution in [0.2, 0.25) is 5.02 Å². The second-order valence-electron chi connectivity index (χ2n) is 5.20. The average molecular weight is 401 g/mol. The third kappa shape index (κ3) is 4.25. The molecule has 1 N–H and O–H groups in total. The minimum Gasteiger partial charge on any atom is -0.300 e. The molecule has 1 amide bonds. The van der Waals surface area contributed by atoms with E-state index in [1.54, 1.807) is 24.3 Å². The molecule has 3 nitrogen and oxygen atoms in total. The van der Waals surface area contributed by atoms with Crippen molar-refractivity contribution in [2.24, 2.45) is 4.99 Å². The zero-order valence-electron chi connectivity index (χ0n) is 12.8. The number of hydrogen-bond acceptors (Lipinski definition) is 3. The van der Waals surface area contributed by atoms with Gasteiger partial charge in [0.25, 0.3) is 5.91 Å². The van der Waals surface area contributed by atoms with Gasteiger partial charge < -0.3 is 5.32 Å². The maximum absolute atomic E-state index is 13.3. The van der Waals surface area contributed by atoms with E-state index in [0.29, 0.717) is 16.8 Å². The lowest BCUT2D eigenvalue weighted by Gasteiger charge is -2.08. The first-order valence-corrected chi connectivity index (χ1v) is 8.34. The van der Waals surface area contributed by atoms with Crippen molar-refractivity contribution in [2.75, 3.05) is 0 Å². The van der Waals surface area contributed by atoms with Gasteiger partial charge >= 0.3 is 6.18 Å². The fourth-order valence-electron chi connectivity index (χ4n) is 2.11. The summed E-state index contributed by atoms with van der Waals surface area (Å²) >= 11 is 6.75. The second-order valence-corrected chi connectivity index (χ2v) is 6.66. The van der Waals surface area contributed by atoms with Crippen LogP contribution in [-0.4, -0.2) is 11.1 Å². The summed E-state index contributed by atoms with van der Waals surface area (Å²) in [4.78, 5) is 16.4. The Morgan fingerprint density at radius 2 is 1.81 bits per heavy atom. The van der Waals surface area contributed by atoms with Crippen LogP contribution in [0.15, 0.2) is 52.4 Å². The van der Waals surface area contributed by atoms with Gasteiger partial charge in [-0.25, -0.2) is 9.38 Å². The Morgan fingerprint density at radius 3 is 2.46 bits per heavy atom. The summed E-state index contributed by atoms with van der Waals surface area (Å²) in [5, 5.41) is 3.34. The third-order valence-corrected chi connectivity index (χ3v) is 4.46. The van der Waals surface area contributed by atoms with Gasteiger partial charge in [-0.05, 0) is 59.8 Å². The molecule has 1 aliphatic rings. The molecule has 0 bridgehead atoms. The molecule has 1 heterocycles. The van der Waals surface area contributed by atoms with E-state index in [1.165, 1.54) is 12.1 Å². The molecule has 0 spiro atoms. The lowest BCUT2D eigenvalue weighted by Crippen LogP contribution is -2.19. The maximum Gasteiger partial charge on any atom is 0.419 e. The van der Waals surface area contributed by atoms with Crippen molar-refractivity contribution < 1.29 is 22.4 Å². The van der Waals surface area contributed by atoms with Gasteiger partial charge in [-0.15, -0.1) is 0 Å². The standard InChI is InChI=1S/C17H9ClF4N2OS/c18-10-2-4-11(5-3-10)23-16-24-15(25)14(26-16)8-9-1-6-13(19)12(7-9)17(20,21)22/h1-8H,(H,23,24,25). The molecule has 134 valence electrons. The minimum atomic E-state index is -4.81. The first-order chi connectivity index (χ1) is 12.2. The molecule has 0 atom stereocenters. The summed E-state index contributed by atoms with van der Waals surface area (Å²) in [7, 11) is 0. The predicted octanol–water partition coefficient (Wildman–Crippen LogP) is 5.39. The van der Waals surface area contributed by atoms with E-state index in [9.17, 15) is 22.4 Å². The van der Waals surface area contributed by atoms with Gasteiger partial charge in [-0.1, -0.05) is 17.7 Å². The fourth-order valence-corrected chi connectivity index (χ4v) is 3.08. The van der Waals surface area contributed by atoms with E-state index >= 15 is 0 Å². The molecule has 3 rings (SSSR count). The molecule has 0 aliphatic carbocycles. The first-order valence-electron chi connectivity index (χ1n) is 7.14. The van der Waals surface area contributed by atoms with Crippen LogP contribution < -0.4 is 5.32 Å². The molecule has 2 aromatic carbocycles. The van der Waals surface area contributed by atoms with Crippen molar-refractivity contribution in [3.63, 3.8) is 0 Å². The number of carbonyl (C=O) groups is 1. The minimum absolute atomic E-state index is 0.0594. The van der Waals surface area contributed by atoms with Crippen LogP contribution in [0, 0.1) is 5.82 Å². The van der Waals surface area contributed by atoms with Crippen LogP contribution in [-0.2, 0) is 11.0 Å². The zero-order chi connectivity index (χ0) is 18.9. The summed E-state index contributed by atoms with van der Waals surface area (Å²) in [6, 6.07) is 9.12.